The van der Waals surface area contributed by atoms with Gasteiger partial charge >= 0.3 is 1.43 Å². The number of hydrogen-bond acceptors (Lipinski definition) is 8. The number of anilines is 1. The zero-order chi connectivity index (χ0) is 25.9. The zero-order valence-corrected chi connectivity index (χ0v) is 22.3. The fourth-order valence-corrected chi connectivity index (χ4v) is 4.86. The van der Waals surface area contributed by atoms with E-state index in [-0.39, 0.29) is 43.1 Å². The molecule has 1 heterocycles. The Morgan fingerprint density at radius 1 is 1.14 bits per heavy atom. The normalized spacial score (nSPS) is 13.8. The molecular weight excluding hydrogens is 510 g/mol. The highest BCUT2D eigenvalue weighted by Crippen LogP contribution is 2.38. The minimum absolute atomic E-state index is 0. The van der Waals surface area contributed by atoms with Crippen molar-refractivity contribution < 1.29 is 46.1 Å². The van der Waals surface area contributed by atoms with Gasteiger partial charge in [-0.1, -0.05) is 12.1 Å². The molecule has 0 radical (unpaired) electrons. The van der Waals surface area contributed by atoms with Gasteiger partial charge in [0.05, 0.1) is 48.9 Å². The third-order valence-electron chi connectivity index (χ3n) is 5.32. The van der Waals surface area contributed by atoms with Gasteiger partial charge in [-0.25, -0.2) is 8.42 Å². The first-order chi connectivity index (χ1) is 16.5. The SMILES string of the molecule is CCOc1cc([C@H](CS(C)(=O)=O)N2C(=O)c3cccc(NC(=O)CN(C)C)c3C2=O)ccc1OC.[Cl-].[H+]. The van der Waals surface area contributed by atoms with Crippen molar-refractivity contribution >= 4 is 33.2 Å². The molecule has 36 heavy (non-hydrogen) atoms. The second kappa shape index (κ2) is 11.7. The molecule has 0 unspecified atom stereocenters. The van der Waals surface area contributed by atoms with Crippen molar-refractivity contribution in [2.24, 2.45) is 0 Å². The molecule has 1 aliphatic heterocycles. The number of likely N-dealkylation sites (N-methyl/N-ethyl adjacent to an activating group) is 1. The van der Waals surface area contributed by atoms with Crippen LogP contribution in [0.4, 0.5) is 5.69 Å². The van der Waals surface area contributed by atoms with Crippen LogP contribution < -0.4 is 27.2 Å². The third kappa shape index (κ3) is 6.34. The Bertz CT molecular complexity index is 1270. The van der Waals surface area contributed by atoms with Crippen molar-refractivity contribution in [1.29, 1.82) is 0 Å². The van der Waals surface area contributed by atoms with Crippen LogP contribution in [0.2, 0.25) is 0 Å². The summed E-state index contributed by atoms with van der Waals surface area (Å²) in [5.41, 5.74) is 0.710. The molecule has 0 fully saturated rings. The average molecular weight is 540 g/mol. The van der Waals surface area contributed by atoms with E-state index >= 15 is 0 Å². The number of sulfone groups is 1. The Kier molecular flexibility index (Phi) is 9.47. The zero-order valence-electron chi connectivity index (χ0n) is 21.7. The van der Waals surface area contributed by atoms with E-state index in [9.17, 15) is 22.8 Å². The molecule has 2 aromatic carbocycles. The quantitative estimate of drug-likeness (QED) is 0.385. The fraction of sp³-hybridized carbons (Fsp3) is 0.375. The topological polar surface area (TPSA) is 122 Å². The van der Waals surface area contributed by atoms with Gasteiger partial charge in [0.1, 0.15) is 9.84 Å². The van der Waals surface area contributed by atoms with Crippen LogP contribution >= 0.6 is 0 Å². The molecule has 0 bridgehead atoms. The van der Waals surface area contributed by atoms with Gasteiger partial charge in [-0.15, -0.1) is 0 Å². The monoisotopic (exact) mass is 539 g/mol. The lowest BCUT2D eigenvalue weighted by Gasteiger charge is -2.27. The lowest BCUT2D eigenvalue weighted by molar-refractivity contribution is -0.116. The number of amides is 3. The third-order valence-corrected chi connectivity index (χ3v) is 6.25. The van der Waals surface area contributed by atoms with Crippen LogP contribution in [0.3, 0.4) is 0 Å². The van der Waals surface area contributed by atoms with Crippen molar-refractivity contribution in [3.63, 3.8) is 0 Å². The maximum absolute atomic E-state index is 13.6. The summed E-state index contributed by atoms with van der Waals surface area (Å²) in [6, 6.07) is 8.22. The summed E-state index contributed by atoms with van der Waals surface area (Å²) in [6.07, 6.45) is 1.04. The van der Waals surface area contributed by atoms with Gasteiger partial charge < -0.3 is 32.1 Å². The summed E-state index contributed by atoms with van der Waals surface area (Å²) in [5.74, 6) is -1.38. The molecule has 0 aliphatic carbocycles. The second-order valence-electron chi connectivity index (χ2n) is 8.45. The van der Waals surface area contributed by atoms with Crippen LogP contribution in [0.15, 0.2) is 36.4 Å². The molecule has 1 N–H and O–H groups in total. The number of methoxy groups -OCH3 is 1. The molecule has 0 saturated heterocycles. The predicted octanol–water partition coefficient (Wildman–Crippen LogP) is -0.908. The number of nitrogens with zero attached hydrogens (tertiary/aromatic N) is 2. The lowest BCUT2D eigenvalue weighted by Crippen LogP contribution is -3.00. The van der Waals surface area contributed by atoms with E-state index < -0.39 is 33.4 Å². The largest absolute Gasteiger partial charge is 1.00 e. The number of hydrogen-bond donors (Lipinski definition) is 1. The highest BCUT2D eigenvalue weighted by molar-refractivity contribution is 7.90. The van der Waals surface area contributed by atoms with Gasteiger partial charge in [-0.3, -0.25) is 19.3 Å². The maximum Gasteiger partial charge on any atom is 1.00 e. The average Bonchev–Trinajstić information content (AvgIpc) is 3.02. The Morgan fingerprint density at radius 2 is 1.83 bits per heavy atom. The van der Waals surface area contributed by atoms with Crippen LogP contribution in [0.5, 0.6) is 11.5 Å². The summed E-state index contributed by atoms with van der Waals surface area (Å²) < 4.78 is 35.6. The van der Waals surface area contributed by atoms with E-state index in [0.29, 0.717) is 23.7 Å². The first-order valence-electron chi connectivity index (χ1n) is 10.9. The summed E-state index contributed by atoms with van der Waals surface area (Å²) in [4.78, 5) is 41.9. The van der Waals surface area contributed by atoms with Gasteiger partial charge in [0.15, 0.2) is 11.5 Å². The van der Waals surface area contributed by atoms with Crippen molar-refractivity contribution in [2.75, 3.05) is 51.7 Å². The van der Waals surface area contributed by atoms with Crippen LogP contribution in [0.1, 0.15) is 40.7 Å². The van der Waals surface area contributed by atoms with E-state index in [1.807, 2.05) is 0 Å². The highest BCUT2D eigenvalue weighted by atomic mass is 35.5. The van der Waals surface area contributed by atoms with Crippen LogP contribution in [0.25, 0.3) is 0 Å². The number of nitrogens with one attached hydrogen (secondary N) is 1. The molecule has 3 amide bonds. The van der Waals surface area contributed by atoms with E-state index in [1.165, 1.54) is 19.2 Å². The highest BCUT2D eigenvalue weighted by Gasteiger charge is 2.43. The molecule has 0 aromatic heterocycles. The minimum atomic E-state index is -3.62. The van der Waals surface area contributed by atoms with Crippen LogP contribution in [-0.2, 0) is 14.6 Å². The number of carbonyl (C=O) groups excluding carboxylic acids is 3. The second-order valence-corrected chi connectivity index (χ2v) is 10.6. The van der Waals surface area contributed by atoms with Gasteiger partial charge in [-0.05, 0) is 50.8 Å². The van der Waals surface area contributed by atoms with Crippen molar-refractivity contribution in [1.82, 2.24) is 9.80 Å². The summed E-state index contributed by atoms with van der Waals surface area (Å²) in [6.45, 7) is 2.20. The molecule has 1 aliphatic rings. The van der Waals surface area contributed by atoms with Crippen molar-refractivity contribution in [3.05, 3.63) is 53.1 Å². The molecule has 10 nitrogen and oxygen atoms in total. The van der Waals surface area contributed by atoms with E-state index in [4.69, 9.17) is 9.47 Å². The summed E-state index contributed by atoms with van der Waals surface area (Å²) in [5, 5.41) is 2.68. The summed E-state index contributed by atoms with van der Waals surface area (Å²) in [7, 11) is 1.31. The molecule has 3 rings (SSSR count). The number of ether oxygens (including phenoxy) is 2. The molecule has 12 heteroatoms. The molecular formula is C24H30ClN3O7S. The Hall–Kier alpha value is -3.15. The van der Waals surface area contributed by atoms with E-state index in [2.05, 4.69) is 5.32 Å². The number of rotatable bonds is 10. The molecule has 1 atom stereocenters. The maximum atomic E-state index is 13.6. The number of halogens is 1. The summed E-state index contributed by atoms with van der Waals surface area (Å²) >= 11 is 0. The molecule has 2 aromatic rings. The lowest BCUT2D eigenvalue weighted by atomic mass is 10.1. The van der Waals surface area contributed by atoms with Gasteiger partial charge in [0.25, 0.3) is 11.8 Å². The van der Waals surface area contributed by atoms with Crippen LogP contribution in [-0.4, -0.2) is 82.3 Å². The number of carbonyl (C=O) groups is 3. The number of imide groups is 1. The Balaban J connectivity index is 0.00000342. The fourth-order valence-electron chi connectivity index (χ4n) is 3.94. The Labute approximate surface area is 218 Å². The number of fused-ring (bicyclic) bond motifs is 1. The molecule has 196 valence electrons. The standard InChI is InChI=1S/C24H29N3O7S.ClH/c1-6-34-20-12-15(10-11-19(20)33-4)18(14-35(5,31)32)27-23(29)16-8-7-9-17(22(16)24(27)30)25-21(28)13-26(2)3;/h7-12,18H,6,13-14H2,1-5H3,(H,25,28);1H/t18-;/m0./s1. The van der Waals surface area contributed by atoms with Gasteiger partial charge in [0.2, 0.25) is 5.91 Å². The minimum Gasteiger partial charge on any atom is -1.00 e. The predicted molar refractivity (Wildman–Crippen MR) is 132 cm³/mol. The van der Waals surface area contributed by atoms with Crippen molar-refractivity contribution in [2.45, 2.75) is 13.0 Å². The van der Waals surface area contributed by atoms with Crippen molar-refractivity contribution in [3.8, 4) is 11.5 Å². The van der Waals surface area contributed by atoms with E-state index in [1.54, 1.807) is 50.2 Å². The molecule has 0 spiro atoms. The van der Waals surface area contributed by atoms with Gasteiger partial charge in [-0.2, -0.15) is 0 Å². The molecule has 0 saturated carbocycles. The Morgan fingerprint density at radius 3 is 2.42 bits per heavy atom. The smallest absolute Gasteiger partial charge is 1.00 e. The van der Waals surface area contributed by atoms with Gasteiger partial charge in [0, 0.05) is 6.26 Å². The first-order valence-corrected chi connectivity index (χ1v) is 13.0. The van der Waals surface area contributed by atoms with Crippen LogP contribution in [0, 0.1) is 0 Å². The first kappa shape index (κ1) is 29.1. The number of benzene rings is 2. The van der Waals surface area contributed by atoms with E-state index in [0.717, 1.165) is 11.2 Å².